The van der Waals surface area contributed by atoms with Crippen LogP contribution in [-0.4, -0.2) is 18.3 Å². The van der Waals surface area contributed by atoms with E-state index in [4.69, 9.17) is 11.6 Å². The van der Waals surface area contributed by atoms with Crippen LogP contribution < -0.4 is 4.90 Å². The van der Waals surface area contributed by atoms with E-state index in [1.54, 1.807) is 6.20 Å². The van der Waals surface area contributed by atoms with Crippen molar-refractivity contribution in [3.63, 3.8) is 0 Å². The molecule has 0 N–H and O–H groups in total. The molecule has 3 nitrogen and oxygen atoms in total. The van der Waals surface area contributed by atoms with Crippen molar-refractivity contribution in [2.75, 3.05) is 11.9 Å². The Labute approximate surface area is 117 Å². The molecule has 98 valence electrons. The van der Waals surface area contributed by atoms with E-state index >= 15 is 0 Å². The van der Waals surface area contributed by atoms with Gasteiger partial charge >= 0.3 is 0 Å². The number of benzene rings is 1. The highest BCUT2D eigenvalue weighted by molar-refractivity contribution is 6.30. The van der Waals surface area contributed by atoms with Crippen LogP contribution in [0.5, 0.6) is 0 Å². The lowest BCUT2D eigenvalue weighted by Gasteiger charge is -2.20. The zero-order chi connectivity index (χ0) is 13.8. The van der Waals surface area contributed by atoms with Crippen molar-refractivity contribution < 1.29 is 4.79 Å². The Bertz CT molecular complexity index is 598. The fraction of sp³-hybridized carbons (Fsp3) is 0.200. The summed E-state index contributed by atoms with van der Waals surface area (Å²) >= 11 is 5.97. The van der Waals surface area contributed by atoms with Crippen LogP contribution in [0.15, 0.2) is 36.5 Å². The maximum Gasteiger partial charge on any atom is 0.151 e. The van der Waals surface area contributed by atoms with Crippen molar-refractivity contribution in [3.8, 4) is 0 Å². The van der Waals surface area contributed by atoms with E-state index in [9.17, 15) is 4.79 Å². The largest absolute Gasteiger partial charge is 0.355 e. The highest BCUT2D eigenvalue weighted by Gasteiger charge is 2.08. The van der Waals surface area contributed by atoms with E-state index in [1.807, 2.05) is 49.2 Å². The number of anilines is 1. The van der Waals surface area contributed by atoms with Crippen LogP contribution in [0.1, 0.15) is 21.5 Å². The number of nitrogens with zero attached hydrogens (tertiary/aromatic N) is 2. The maximum absolute atomic E-state index is 10.7. The van der Waals surface area contributed by atoms with Crippen LogP contribution in [0.3, 0.4) is 0 Å². The average molecular weight is 275 g/mol. The van der Waals surface area contributed by atoms with Gasteiger partial charge in [0, 0.05) is 30.4 Å². The highest BCUT2D eigenvalue weighted by Crippen LogP contribution is 2.19. The van der Waals surface area contributed by atoms with Gasteiger partial charge in [0.2, 0.25) is 0 Å². The number of hydrogen-bond acceptors (Lipinski definition) is 3. The van der Waals surface area contributed by atoms with Gasteiger partial charge in [-0.05, 0) is 36.2 Å². The van der Waals surface area contributed by atoms with Gasteiger partial charge in [-0.2, -0.15) is 0 Å². The van der Waals surface area contributed by atoms with E-state index in [0.29, 0.717) is 5.56 Å². The van der Waals surface area contributed by atoms with Gasteiger partial charge in [-0.25, -0.2) is 4.98 Å². The van der Waals surface area contributed by atoms with Crippen molar-refractivity contribution >= 4 is 23.7 Å². The molecule has 0 radical (unpaired) electrons. The summed E-state index contributed by atoms with van der Waals surface area (Å²) in [6.07, 6.45) is 2.39. The quantitative estimate of drug-likeness (QED) is 0.800. The minimum Gasteiger partial charge on any atom is -0.355 e. The van der Waals surface area contributed by atoms with E-state index in [0.717, 1.165) is 34.8 Å². The van der Waals surface area contributed by atoms with Gasteiger partial charge in [-0.3, -0.25) is 4.79 Å². The normalized spacial score (nSPS) is 10.3. The molecule has 0 saturated heterocycles. The molecule has 0 bridgehead atoms. The topological polar surface area (TPSA) is 33.2 Å². The van der Waals surface area contributed by atoms with Crippen LogP contribution >= 0.6 is 11.6 Å². The van der Waals surface area contributed by atoms with Gasteiger partial charge < -0.3 is 4.90 Å². The smallest absolute Gasteiger partial charge is 0.151 e. The number of carbonyl (C=O) groups excluding carboxylic acids is 1. The molecule has 2 rings (SSSR count). The van der Waals surface area contributed by atoms with Gasteiger partial charge in [-0.15, -0.1) is 0 Å². The summed E-state index contributed by atoms with van der Waals surface area (Å²) in [6.45, 7) is 2.67. The average Bonchev–Trinajstić information content (AvgIpc) is 2.38. The summed E-state index contributed by atoms with van der Waals surface area (Å²) in [6, 6.07) is 9.59. The number of aldehydes is 1. The number of hydrogen-bond donors (Lipinski definition) is 0. The van der Waals surface area contributed by atoms with Gasteiger partial charge in [0.25, 0.3) is 0 Å². The Morgan fingerprint density at radius 1 is 1.37 bits per heavy atom. The molecule has 0 unspecified atom stereocenters. The predicted molar refractivity (Wildman–Crippen MR) is 77.9 cm³/mol. The van der Waals surface area contributed by atoms with Gasteiger partial charge in [0.1, 0.15) is 5.82 Å². The Morgan fingerprint density at radius 2 is 2.16 bits per heavy atom. The molecular weight excluding hydrogens is 260 g/mol. The second kappa shape index (κ2) is 5.85. The number of aryl methyl sites for hydroxylation is 1. The van der Waals surface area contributed by atoms with Crippen molar-refractivity contribution in [2.24, 2.45) is 0 Å². The first-order chi connectivity index (χ1) is 9.10. The van der Waals surface area contributed by atoms with Crippen molar-refractivity contribution in [2.45, 2.75) is 13.5 Å². The minimum absolute atomic E-state index is 0.595. The van der Waals surface area contributed by atoms with E-state index in [-0.39, 0.29) is 0 Å². The Hall–Kier alpha value is -1.87. The predicted octanol–water partition coefficient (Wildman–Crippen LogP) is 3.49. The molecule has 1 heterocycles. The van der Waals surface area contributed by atoms with Crippen molar-refractivity contribution in [1.82, 2.24) is 4.98 Å². The number of halogens is 1. The molecule has 0 spiro atoms. The molecule has 1 aromatic carbocycles. The molecule has 1 aromatic heterocycles. The van der Waals surface area contributed by atoms with E-state index in [1.165, 1.54) is 0 Å². The summed E-state index contributed by atoms with van der Waals surface area (Å²) in [5, 5.41) is 0.729. The molecule has 0 aliphatic carbocycles. The van der Waals surface area contributed by atoms with Crippen molar-refractivity contribution in [3.05, 3.63) is 58.2 Å². The van der Waals surface area contributed by atoms with E-state index in [2.05, 4.69) is 4.98 Å². The molecule has 0 aliphatic heterocycles. The first-order valence-electron chi connectivity index (χ1n) is 5.97. The fourth-order valence-corrected chi connectivity index (χ4v) is 2.25. The van der Waals surface area contributed by atoms with Crippen LogP contribution in [0.2, 0.25) is 5.02 Å². The third kappa shape index (κ3) is 3.32. The van der Waals surface area contributed by atoms with Crippen molar-refractivity contribution in [1.29, 1.82) is 0 Å². The third-order valence-corrected chi connectivity index (χ3v) is 3.11. The Morgan fingerprint density at radius 3 is 2.79 bits per heavy atom. The van der Waals surface area contributed by atoms with Crippen LogP contribution in [0.25, 0.3) is 0 Å². The maximum atomic E-state index is 10.7. The monoisotopic (exact) mass is 274 g/mol. The molecule has 0 saturated carbocycles. The first-order valence-corrected chi connectivity index (χ1v) is 6.35. The van der Waals surface area contributed by atoms with Gasteiger partial charge in [0.15, 0.2) is 6.29 Å². The second-order valence-electron chi connectivity index (χ2n) is 4.51. The molecule has 0 amide bonds. The number of carbonyl (C=O) groups is 1. The van der Waals surface area contributed by atoms with Gasteiger partial charge in [0.05, 0.1) is 0 Å². The molecule has 19 heavy (non-hydrogen) atoms. The van der Waals surface area contributed by atoms with Crippen LogP contribution in [0, 0.1) is 6.92 Å². The second-order valence-corrected chi connectivity index (χ2v) is 4.95. The Balaban J connectivity index is 2.20. The molecule has 0 atom stereocenters. The number of rotatable bonds is 4. The molecular formula is C15H15ClN2O. The third-order valence-electron chi connectivity index (χ3n) is 2.88. The van der Waals surface area contributed by atoms with Crippen LogP contribution in [-0.2, 0) is 6.54 Å². The SMILES string of the molecule is Cc1cc(C=O)cnc1N(C)Cc1cccc(Cl)c1. The summed E-state index contributed by atoms with van der Waals surface area (Å²) in [5.74, 6) is 0.866. The number of pyridine rings is 1. The molecule has 4 heteroatoms. The molecule has 0 fully saturated rings. The Kier molecular flexibility index (Phi) is 4.17. The zero-order valence-corrected chi connectivity index (χ0v) is 11.7. The molecule has 2 aromatic rings. The standard InChI is InChI=1S/C15H15ClN2O/c1-11-6-13(10-19)8-17-15(11)18(2)9-12-4-3-5-14(16)7-12/h3-8,10H,9H2,1-2H3. The van der Waals surface area contributed by atoms with Gasteiger partial charge in [-0.1, -0.05) is 23.7 Å². The summed E-state index contributed by atoms with van der Waals surface area (Å²) in [4.78, 5) is 17.1. The van der Waals surface area contributed by atoms with E-state index < -0.39 is 0 Å². The first kappa shape index (κ1) is 13.6. The summed E-state index contributed by atoms with van der Waals surface area (Å²) in [7, 11) is 1.97. The highest BCUT2D eigenvalue weighted by atomic mass is 35.5. The zero-order valence-electron chi connectivity index (χ0n) is 10.9. The lowest BCUT2D eigenvalue weighted by atomic mass is 10.2. The fourth-order valence-electron chi connectivity index (χ4n) is 2.04. The summed E-state index contributed by atoms with van der Waals surface area (Å²) in [5.41, 5.74) is 2.70. The summed E-state index contributed by atoms with van der Waals surface area (Å²) < 4.78 is 0. The molecule has 0 aliphatic rings. The van der Waals surface area contributed by atoms with Crippen LogP contribution in [0.4, 0.5) is 5.82 Å². The number of aromatic nitrogens is 1. The minimum atomic E-state index is 0.595. The lowest BCUT2D eigenvalue weighted by molar-refractivity contribution is 0.112. The lowest BCUT2D eigenvalue weighted by Crippen LogP contribution is -2.18.